The van der Waals surface area contributed by atoms with E-state index in [9.17, 15) is 0 Å². The molecule has 0 N–H and O–H groups in total. The summed E-state index contributed by atoms with van der Waals surface area (Å²) in [5, 5.41) is 7.05. The van der Waals surface area contributed by atoms with E-state index in [2.05, 4.69) is 162 Å². The fourth-order valence-electron chi connectivity index (χ4n) is 7.17. The average Bonchev–Trinajstić information content (AvgIpc) is 3.75. The van der Waals surface area contributed by atoms with Gasteiger partial charge in [-0.15, -0.1) is 11.3 Å². The van der Waals surface area contributed by atoms with Crippen LogP contribution in [0.25, 0.3) is 92.3 Å². The van der Waals surface area contributed by atoms with Gasteiger partial charge < -0.3 is 4.57 Å². The number of thiazole rings is 1. The predicted octanol–water partition coefficient (Wildman–Crippen LogP) is 12.1. The molecule has 0 saturated heterocycles. The number of aromatic nitrogens is 3. The van der Waals surface area contributed by atoms with E-state index in [1.165, 1.54) is 48.4 Å². The second-order valence-corrected chi connectivity index (χ2v) is 13.2. The molecule has 10 rings (SSSR count). The molecule has 0 spiro atoms. The summed E-state index contributed by atoms with van der Waals surface area (Å²) in [7, 11) is 0. The molecule has 0 atom stereocenters. The Balaban J connectivity index is 1.15. The Hall–Kier alpha value is -6.10. The molecule has 3 aromatic heterocycles. The van der Waals surface area contributed by atoms with Crippen molar-refractivity contribution in [2.45, 2.75) is 0 Å². The van der Waals surface area contributed by atoms with Crippen LogP contribution in [0.2, 0.25) is 0 Å². The average molecular weight is 630 g/mol. The van der Waals surface area contributed by atoms with E-state index in [1.54, 1.807) is 11.3 Å². The van der Waals surface area contributed by atoms with Crippen molar-refractivity contribution in [2.24, 2.45) is 0 Å². The fourth-order valence-corrected chi connectivity index (χ4v) is 8.15. The van der Waals surface area contributed by atoms with Crippen LogP contribution in [0.5, 0.6) is 0 Å². The Morgan fingerprint density at radius 3 is 1.83 bits per heavy atom. The molecule has 0 fully saturated rings. The lowest BCUT2D eigenvalue weighted by molar-refractivity contribution is 1.19. The lowest BCUT2D eigenvalue weighted by Gasteiger charge is -2.15. The summed E-state index contributed by atoms with van der Waals surface area (Å²) in [5.74, 6) is 0. The zero-order chi connectivity index (χ0) is 31.6. The molecule has 0 aliphatic rings. The number of para-hydroxylation sites is 3. The van der Waals surface area contributed by atoms with Gasteiger partial charge in [-0.1, -0.05) is 127 Å². The third-order valence-electron chi connectivity index (χ3n) is 9.43. The summed E-state index contributed by atoms with van der Waals surface area (Å²) in [6.45, 7) is 0. The SMILES string of the molecule is c1ccc(-c2nc3ccccc3c3ccc4c5ccccc5n(-c5ccc(-c6ccc(-c7nc8ccccc8s7)cc6)cc5)c4c23)cc1. The molecular formula is C44H27N3S. The van der Waals surface area contributed by atoms with Crippen LogP contribution in [0.4, 0.5) is 0 Å². The van der Waals surface area contributed by atoms with Crippen LogP contribution in [0, 0.1) is 0 Å². The molecule has 4 heteroatoms. The van der Waals surface area contributed by atoms with E-state index in [1.807, 2.05) is 6.07 Å². The third kappa shape index (κ3) is 4.20. The van der Waals surface area contributed by atoms with Gasteiger partial charge in [-0.3, -0.25) is 0 Å². The maximum Gasteiger partial charge on any atom is 0.124 e. The Morgan fingerprint density at radius 1 is 0.417 bits per heavy atom. The zero-order valence-corrected chi connectivity index (χ0v) is 26.7. The summed E-state index contributed by atoms with van der Waals surface area (Å²) in [6, 6.07) is 58.4. The van der Waals surface area contributed by atoms with Crippen molar-refractivity contribution in [3.05, 3.63) is 164 Å². The van der Waals surface area contributed by atoms with Crippen LogP contribution in [0.3, 0.4) is 0 Å². The normalized spacial score (nSPS) is 11.8. The van der Waals surface area contributed by atoms with Crippen molar-refractivity contribution in [3.63, 3.8) is 0 Å². The first kappa shape index (κ1) is 27.1. The minimum Gasteiger partial charge on any atom is -0.309 e. The Kier molecular flexibility index (Phi) is 6.05. The Morgan fingerprint density at radius 2 is 1.04 bits per heavy atom. The number of hydrogen-bond acceptors (Lipinski definition) is 3. The monoisotopic (exact) mass is 629 g/mol. The van der Waals surface area contributed by atoms with Gasteiger partial charge in [-0.25, -0.2) is 9.97 Å². The van der Waals surface area contributed by atoms with Crippen LogP contribution >= 0.6 is 11.3 Å². The minimum atomic E-state index is 1.00. The van der Waals surface area contributed by atoms with Crippen LogP contribution < -0.4 is 0 Å². The number of nitrogens with zero attached hydrogens (tertiary/aromatic N) is 3. The lowest BCUT2D eigenvalue weighted by atomic mass is 9.97. The molecule has 0 radical (unpaired) electrons. The molecule has 224 valence electrons. The molecular weight excluding hydrogens is 603 g/mol. The topological polar surface area (TPSA) is 30.7 Å². The van der Waals surface area contributed by atoms with Crippen molar-refractivity contribution in [3.8, 4) is 38.6 Å². The van der Waals surface area contributed by atoms with Crippen molar-refractivity contribution in [1.29, 1.82) is 0 Å². The molecule has 3 nitrogen and oxygen atoms in total. The van der Waals surface area contributed by atoms with Crippen molar-refractivity contribution < 1.29 is 0 Å². The minimum absolute atomic E-state index is 1.00. The second-order valence-electron chi connectivity index (χ2n) is 12.2. The van der Waals surface area contributed by atoms with Gasteiger partial charge in [-0.05, 0) is 52.9 Å². The number of pyridine rings is 1. The number of benzene rings is 7. The highest BCUT2D eigenvalue weighted by Gasteiger charge is 2.20. The van der Waals surface area contributed by atoms with E-state index in [0.29, 0.717) is 0 Å². The number of rotatable bonds is 4. The van der Waals surface area contributed by atoms with Gasteiger partial charge in [0.15, 0.2) is 0 Å². The fraction of sp³-hybridized carbons (Fsp3) is 0. The third-order valence-corrected chi connectivity index (χ3v) is 10.5. The highest BCUT2D eigenvalue weighted by molar-refractivity contribution is 7.21. The molecule has 10 aromatic rings. The summed E-state index contributed by atoms with van der Waals surface area (Å²) >= 11 is 1.74. The molecule has 0 unspecified atom stereocenters. The molecule has 7 aromatic carbocycles. The van der Waals surface area contributed by atoms with Crippen molar-refractivity contribution >= 4 is 65.0 Å². The van der Waals surface area contributed by atoms with Crippen molar-refractivity contribution in [2.75, 3.05) is 0 Å². The van der Waals surface area contributed by atoms with Gasteiger partial charge >= 0.3 is 0 Å². The summed E-state index contributed by atoms with van der Waals surface area (Å²) in [4.78, 5) is 10.2. The van der Waals surface area contributed by atoms with E-state index >= 15 is 0 Å². The molecule has 0 aliphatic carbocycles. The molecule has 0 saturated carbocycles. The number of fused-ring (bicyclic) bond motifs is 8. The second kappa shape index (κ2) is 10.7. The first-order chi connectivity index (χ1) is 23.8. The first-order valence-electron chi connectivity index (χ1n) is 16.2. The van der Waals surface area contributed by atoms with Gasteiger partial charge in [-0.2, -0.15) is 0 Å². The van der Waals surface area contributed by atoms with Gasteiger partial charge in [0.05, 0.1) is 32.5 Å². The van der Waals surface area contributed by atoms with E-state index in [0.717, 1.165) is 43.9 Å². The zero-order valence-electron chi connectivity index (χ0n) is 25.8. The lowest BCUT2D eigenvalue weighted by Crippen LogP contribution is -1.97. The van der Waals surface area contributed by atoms with Crippen LogP contribution in [0.15, 0.2) is 164 Å². The smallest absolute Gasteiger partial charge is 0.124 e. The molecule has 0 bridgehead atoms. The van der Waals surface area contributed by atoms with Crippen molar-refractivity contribution in [1.82, 2.24) is 14.5 Å². The molecule has 0 amide bonds. The van der Waals surface area contributed by atoms with Gasteiger partial charge in [0.25, 0.3) is 0 Å². The Labute approximate surface area is 281 Å². The van der Waals surface area contributed by atoms with Crippen LogP contribution in [-0.2, 0) is 0 Å². The van der Waals surface area contributed by atoms with E-state index < -0.39 is 0 Å². The van der Waals surface area contributed by atoms with Gasteiger partial charge in [0.1, 0.15) is 5.01 Å². The first-order valence-corrected chi connectivity index (χ1v) is 17.0. The van der Waals surface area contributed by atoms with E-state index in [4.69, 9.17) is 9.97 Å². The largest absolute Gasteiger partial charge is 0.309 e. The van der Waals surface area contributed by atoms with Gasteiger partial charge in [0.2, 0.25) is 0 Å². The summed E-state index contributed by atoms with van der Waals surface area (Å²) in [6.07, 6.45) is 0. The molecule has 0 aliphatic heterocycles. The summed E-state index contributed by atoms with van der Waals surface area (Å²) < 4.78 is 3.64. The van der Waals surface area contributed by atoms with Crippen LogP contribution in [-0.4, -0.2) is 14.5 Å². The highest BCUT2D eigenvalue weighted by atomic mass is 32.1. The quantitative estimate of drug-likeness (QED) is 0.181. The summed E-state index contributed by atoms with van der Waals surface area (Å²) in [5.41, 5.74) is 11.2. The Bertz CT molecular complexity index is 2780. The maximum absolute atomic E-state index is 5.31. The molecule has 48 heavy (non-hydrogen) atoms. The van der Waals surface area contributed by atoms with E-state index in [-0.39, 0.29) is 0 Å². The molecule has 3 heterocycles. The van der Waals surface area contributed by atoms with Crippen LogP contribution in [0.1, 0.15) is 0 Å². The standard InChI is InChI=1S/C44H27N3S/c1-2-10-30(11-3-1)42-41-35(33-12-4-6-14-37(33)45-42)26-27-36-34-13-5-8-16-39(34)47(43(36)41)32-24-22-29(23-25-32)28-18-20-31(21-19-28)44-46-38-15-7-9-17-40(38)48-44/h1-27H. The maximum atomic E-state index is 5.31. The highest BCUT2D eigenvalue weighted by Crippen LogP contribution is 2.42. The number of hydrogen-bond donors (Lipinski definition) is 0. The predicted molar refractivity (Wildman–Crippen MR) is 203 cm³/mol. The van der Waals surface area contributed by atoms with Gasteiger partial charge in [0, 0.05) is 38.4 Å².